The molecule has 0 aliphatic heterocycles. The zero-order valence-corrected chi connectivity index (χ0v) is 20.4. The molecule has 0 saturated heterocycles. The van der Waals surface area contributed by atoms with Crippen molar-refractivity contribution in [3.8, 4) is 5.69 Å². The number of aromatic nitrogens is 4. The summed E-state index contributed by atoms with van der Waals surface area (Å²) in [6, 6.07) is 15.1. The van der Waals surface area contributed by atoms with E-state index < -0.39 is 11.3 Å². The summed E-state index contributed by atoms with van der Waals surface area (Å²) < 4.78 is 34.9. The third-order valence-electron chi connectivity index (χ3n) is 4.82. The van der Waals surface area contributed by atoms with Gasteiger partial charge in [-0.3, -0.25) is 19.0 Å². The Morgan fingerprint density at radius 3 is 2.64 bits per heavy atom. The Morgan fingerprint density at radius 2 is 1.91 bits per heavy atom. The van der Waals surface area contributed by atoms with Gasteiger partial charge in [0.25, 0.3) is 0 Å². The smallest absolute Gasteiger partial charge is 0.198 e. The second-order valence-electron chi connectivity index (χ2n) is 6.86. The van der Waals surface area contributed by atoms with E-state index in [1.54, 1.807) is 4.57 Å². The van der Waals surface area contributed by atoms with Crippen LogP contribution in [0.5, 0.6) is 0 Å². The summed E-state index contributed by atoms with van der Waals surface area (Å²) in [6.45, 7) is 4.17. The molecule has 2 aromatic heterocycles. The first-order valence-corrected chi connectivity index (χ1v) is 11.9. The summed E-state index contributed by atoms with van der Waals surface area (Å²) in [5.41, 5.74) is 3.19. The van der Waals surface area contributed by atoms with Crippen LogP contribution < -0.4 is 10.0 Å². The number of nitrogens with zero attached hydrogens (tertiary/aromatic N) is 2. The van der Waals surface area contributed by atoms with Crippen LogP contribution in [0, 0.1) is 9.54 Å². The van der Waals surface area contributed by atoms with Crippen LogP contribution in [0.25, 0.3) is 22.3 Å². The van der Waals surface area contributed by atoms with Gasteiger partial charge in [0.15, 0.2) is 9.54 Å². The van der Waals surface area contributed by atoms with E-state index in [2.05, 4.69) is 39.4 Å². The molecule has 1 unspecified atom stereocenters. The summed E-state index contributed by atoms with van der Waals surface area (Å²) in [6.07, 6.45) is 0. The van der Waals surface area contributed by atoms with E-state index in [4.69, 9.17) is 29.2 Å². The summed E-state index contributed by atoms with van der Waals surface area (Å²) >= 11 is 12.6. The van der Waals surface area contributed by atoms with Crippen molar-refractivity contribution in [3.05, 3.63) is 70.3 Å². The molecular weight excluding hydrogens is 501 g/mol. The molecule has 0 saturated carbocycles. The Hall–Kier alpha value is -2.68. The molecule has 172 valence electrons. The fourth-order valence-corrected chi connectivity index (χ4v) is 4.74. The fourth-order valence-electron chi connectivity index (χ4n) is 3.45. The van der Waals surface area contributed by atoms with Crippen molar-refractivity contribution in [2.75, 3.05) is 12.0 Å². The van der Waals surface area contributed by atoms with Crippen LogP contribution in [0.4, 0.5) is 5.69 Å². The lowest BCUT2D eigenvalue weighted by Gasteiger charge is -2.16. The number of para-hydroxylation sites is 1. The molecule has 0 aliphatic rings. The summed E-state index contributed by atoms with van der Waals surface area (Å²) in [4.78, 5) is 0.609. The van der Waals surface area contributed by atoms with E-state index in [9.17, 15) is 8.76 Å². The minimum atomic E-state index is -2.51. The van der Waals surface area contributed by atoms with E-state index >= 15 is 0 Å². The number of hydrogen-bond acceptors (Lipinski definition) is 7. The van der Waals surface area contributed by atoms with Gasteiger partial charge in [-0.2, -0.15) is 0 Å². The molecule has 0 spiro atoms. The lowest BCUT2D eigenvalue weighted by molar-refractivity contribution is 0.0940. The quantitative estimate of drug-likeness (QED) is 0.0743. The second-order valence-corrected chi connectivity index (χ2v) is 8.75. The number of rotatable bonds is 9. The Balaban J connectivity index is 1.51. The van der Waals surface area contributed by atoms with Crippen molar-refractivity contribution in [1.82, 2.24) is 24.1 Å². The molecule has 0 amide bonds. The third kappa shape index (κ3) is 4.98. The molecule has 4 N–H and O–H groups in total. The maximum absolute atomic E-state index is 11.1. The molecule has 33 heavy (non-hydrogen) atoms. The van der Waals surface area contributed by atoms with Crippen molar-refractivity contribution < 1.29 is 13.5 Å². The SMILES string of the molecule is C=C(NS(=O)[O-])c1c(S)c2ccccc2n1COCNc1cccc(-n2c(=S)[nH][nH]c2=S)c1. The highest BCUT2D eigenvalue weighted by atomic mass is 32.2. The number of hydrogen-bond donors (Lipinski definition) is 5. The van der Waals surface area contributed by atoms with Gasteiger partial charge in [-0.05, 0) is 48.7 Å². The lowest BCUT2D eigenvalue weighted by atomic mass is 10.2. The highest BCUT2D eigenvalue weighted by molar-refractivity contribution is 7.80. The first-order chi connectivity index (χ1) is 15.9. The van der Waals surface area contributed by atoms with Gasteiger partial charge in [-0.15, -0.1) is 12.6 Å². The molecular formula is C20H19N6O3S4-. The number of nitrogens with one attached hydrogen (secondary N) is 4. The molecule has 0 radical (unpaired) electrons. The molecule has 0 aliphatic carbocycles. The predicted octanol–water partition coefficient (Wildman–Crippen LogP) is 4.23. The van der Waals surface area contributed by atoms with Crippen LogP contribution in [0.3, 0.4) is 0 Å². The van der Waals surface area contributed by atoms with Crippen LogP contribution in [-0.2, 0) is 22.7 Å². The highest BCUT2D eigenvalue weighted by Gasteiger charge is 2.17. The number of H-pyrrole nitrogens is 2. The number of anilines is 1. The molecule has 9 nitrogen and oxygen atoms in total. The van der Waals surface area contributed by atoms with Crippen LogP contribution in [0.1, 0.15) is 5.69 Å². The Kier molecular flexibility index (Phi) is 7.17. The molecule has 13 heteroatoms. The van der Waals surface area contributed by atoms with Gasteiger partial charge in [0.2, 0.25) is 0 Å². The minimum absolute atomic E-state index is 0.142. The summed E-state index contributed by atoms with van der Waals surface area (Å²) in [5.74, 6) is 0. The Morgan fingerprint density at radius 1 is 1.18 bits per heavy atom. The molecule has 0 fully saturated rings. The molecule has 2 aromatic carbocycles. The van der Waals surface area contributed by atoms with Gasteiger partial charge in [0, 0.05) is 27.2 Å². The van der Waals surface area contributed by atoms with Crippen molar-refractivity contribution in [3.63, 3.8) is 0 Å². The number of thiol groups is 1. The first kappa shape index (κ1) is 23.5. The highest BCUT2D eigenvalue weighted by Crippen LogP contribution is 2.32. The molecule has 2 heterocycles. The van der Waals surface area contributed by atoms with Crippen LogP contribution >= 0.6 is 37.1 Å². The van der Waals surface area contributed by atoms with Gasteiger partial charge >= 0.3 is 0 Å². The number of ether oxygens (including phenoxy) is 1. The molecule has 4 rings (SSSR count). The van der Waals surface area contributed by atoms with Gasteiger partial charge < -0.3 is 23.9 Å². The molecule has 0 bridgehead atoms. The largest absolute Gasteiger partial charge is 0.755 e. The maximum Gasteiger partial charge on any atom is 0.198 e. The summed E-state index contributed by atoms with van der Waals surface area (Å²) in [7, 11) is 0. The first-order valence-electron chi connectivity index (χ1n) is 9.54. The average Bonchev–Trinajstić information content (AvgIpc) is 3.27. The monoisotopic (exact) mass is 519 g/mol. The topological polar surface area (TPSA) is 115 Å². The Labute approximate surface area is 207 Å². The van der Waals surface area contributed by atoms with E-state index in [1.165, 1.54) is 0 Å². The summed E-state index contributed by atoms with van der Waals surface area (Å²) in [5, 5.41) is 9.68. The van der Waals surface area contributed by atoms with Crippen molar-refractivity contribution in [2.45, 2.75) is 11.6 Å². The van der Waals surface area contributed by atoms with Gasteiger partial charge in [0.05, 0.1) is 22.6 Å². The van der Waals surface area contributed by atoms with Crippen molar-refractivity contribution in [1.29, 1.82) is 0 Å². The van der Waals surface area contributed by atoms with Gasteiger partial charge in [-0.25, -0.2) is 0 Å². The third-order valence-corrected chi connectivity index (χ3v) is 6.26. The van der Waals surface area contributed by atoms with Crippen LogP contribution in [0.15, 0.2) is 60.0 Å². The van der Waals surface area contributed by atoms with E-state index in [-0.39, 0.29) is 19.2 Å². The normalized spacial score (nSPS) is 12.1. The standard InChI is InChI=1S/C20H20N6O3S4/c1-12(24-33(27)28)17-18(30)15-7-2-3-8-16(15)25(17)11-29-10-21-13-5-4-6-14(9-13)26-19(31)22-23-20(26)32/h2-9,21,24,30H,1,10-11H2,(H,22,31)(H,23,32)(H,27,28)/p-1. The minimum Gasteiger partial charge on any atom is -0.755 e. The molecule has 4 aromatic rings. The predicted molar refractivity (Wildman–Crippen MR) is 136 cm³/mol. The zero-order valence-electron chi connectivity index (χ0n) is 17.0. The van der Waals surface area contributed by atoms with Crippen molar-refractivity contribution >= 4 is 70.6 Å². The van der Waals surface area contributed by atoms with E-state index in [0.29, 0.717) is 20.1 Å². The van der Waals surface area contributed by atoms with E-state index in [0.717, 1.165) is 22.3 Å². The maximum atomic E-state index is 11.1. The fraction of sp³-hybridized carbons (Fsp3) is 0.100. The zero-order chi connectivity index (χ0) is 23.5. The molecule has 1 atom stereocenters. The Bertz CT molecular complexity index is 1440. The van der Waals surface area contributed by atoms with E-state index in [1.807, 2.05) is 53.1 Å². The van der Waals surface area contributed by atoms with Gasteiger partial charge in [-0.1, -0.05) is 30.8 Å². The van der Waals surface area contributed by atoms with Gasteiger partial charge in [0.1, 0.15) is 13.5 Å². The number of fused-ring (bicyclic) bond motifs is 1. The number of aromatic amines is 2. The van der Waals surface area contributed by atoms with Crippen LogP contribution in [-0.4, -0.2) is 34.8 Å². The van der Waals surface area contributed by atoms with Crippen LogP contribution in [0.2, 0.25) is 0 Å². The lowest BCUT2D eigenvalue weighted by Crippen LogP contribution is -2.18. The second kappa shape index (κ2) is 10.1. The number of benzene rings is 2. The van der Waals surface area contributed by atoms with Crippen molar-refractivity contribution in [2.24, 2.45) is 0 Å². The average molecular weight is 520 g/mol.